The van der Waals surface area contributed by atoms with Gasteiger partial charge in [-0.2, -0.15) is 16.3 Å². The average Bonchev–Trinajstić information content (AvgIpc) is 3.36. The molecule has 1 aliphatic rings. The third-order valence-electron chi connectivity index (χ3n) is 5.07. The standard InChI is InChI=1S/C20H22N4O2S/c1-14-7-3-4-8-16(14)21-19(25)23-20(10-5-2-6-11-20)18-22-17(24-26-18)15-9-12-27-13-15/h3-4,7-9,12-13H,2,5-6,10-11H2,1H3,(H2,21,23,25). The Kier molecular flexibility index (Phi) is 4.94. The Morgan fingerprint density at radius 3 is 2.74 bits per heavy atom. The Bertz CT molecular complexity index is 914. The smallest absolute Gasteiger partial charge is 0.320 e. The van der Waals surface area contributed by atoms with Crippen LogP contribution in [-0.2, 0) is 5.54 Å². The molecular formula is C20H22N4O2S. The van der Waals surface area contributed by atoms with Crippen molar-refractivity contribution in [3.05, 3.63) is 52.5 Å². The number of aryl methyl sites for hydroxylation is 1. The van der Waals surface area contributed by atoms with Gasteiger partial charge in [-0.25, -0.2) is 4.79 Å². The van der Waals surface area contributed by atoms with Gasteiger partial charge in [-0.05, 0) is 42.8 Å². The lowest BCUT2D eigenvalue weighted by molar-refractivity contribution is 0.173. The summed E-state index contributed by atoms with van der Waals surface area (Å²) in [4.78, 5) is 17.3. The number of hydrogen-bond acceptors (Lipinski definition) is 5. The second-order valence-electron chi connectivity index (χ2n) is 6.97. The maximum absolute atomic E-state index is 12.7. The lowest BCUT2D eigenvalue weighted by Crippen LogP contribution is -2.49. The van der Waals surface area contributed by atoms with Gasteiger partial charge in [0.1, 0.15) is 5.54 Å². The molecule has 0 spiro atoms. The summed E-state index contributed by atoms with van der Waals surface area (Å²) < 4.78 is 5.61. The largest absolute Gasteiger partial charge is 0.336 e. The van der Waals surface area contributed by atoms with E-state index in [1.807, 2.05) is 48.0 Å². The fourth-order valence-electron chi connectivity index (χ4n) is 3.56. The number of nitrogens with one attached hydrogen (secondary N) is 2. The van der Waals surface area contributed by atoms with Gasteiger partial charge in [-0.3, -0.25) is 0 Å². The number of thiophene rings is 1. The normalized spacial score (nSPS) is 16.0. The number of para-hydroxylation sites is 1. The Balaban J connectivity index is 1.57. The van der Waals surface area contributed by atoms with Crippen LogP contribution in [-0.4, -0.2) is 16.2 Å². The minimum Gasteiger partial charge on any atom is -0.336 e. The minimum absolute atomic E-state index is 0.249. The van der Waals surface area contributed by atoms with Crippen LogP contribution in [0, 0.1) is 6.92 Å². The van der Waals surface area contributed by atoms with Crippen LogP contribution in [0.1, 0.15) is 43.6 Å². The van der Waals surface area contributed by atoms with Gasteiger partial charge >= 0.3 is 6.03 Å². The van der Waals surface area contributed by atoms with Gasteiger partial charge in [0.05, 0.1) is 0 Å². The van der Waals surface area contributed by atoms with Gasteiger partial charge in [0.25, 0.3) is 5.89 Å². The van der Waals surface area contributed by atoms with Crippen molar-refractivity contribution in [2.45, 2.75) is 44.6 Å². The van der Waals surface area contributed by atoms with Crippen LogP contribution in [0.2, 0.25) is 0 Å². The summed E-state index contributed by atoms with van der Waals surface area (Å²) in [5.74, 6) is 1.06. The van der Waals surface area contributed by atoms with E-state index in [1.54, 1.807) is 11.3 Å². The van der Waals surface area contributed by atoms with E-state index >= 15 is 0 Å². The molecule has 0 radical (unpaired) electrons. The van der Waals surface area contributed by atoms with Crippen LogP contribution in [0.3, 0.4) is 0 Å². The number of amides is 2. The first-order chi connectivity index (χ1) is 13.2. The van der Waals surface area contributed by atoms with Crippen molar-refractivity contribution >= 4 is 23.1 Å². The summed E-state index contributed by atoms with van der Waals surface area (Å²) in [5, 5.41) is 14.2. The molecule has 1 saturated carbocycles. The molecule has 0 saturated heterocycles. The van der Waals surface area contributed by atoms with E-state index in [0.29, 0.717) is 11.7 Å². The quantitative estimate of drug-likeness (QED) is 0.659. The van der Waals surface area contributed by atoms with E-state index in [4.69, 9.17) is 4.52 Å². The van der Waals surface area contributed by atoms with E-state index in [-0.39, 0.29) is 6.03 Å². The average molecular weight is 382 g/mol. The third kappa shape index (κ3) is 3.73. The molecule has 27 heavy (non-hydrogen) atoms. The number of carbonyl (C=O) groups is 1. The van der Waals surface area contributed by atoms with Crippen molar-refractivity contribution in [1.82, 2.24) is 15.5 Å². The van der Waals surface area contributed by atoms with Crippen LogP contribution >= 0.6 is 11.3 Å². The van der Waals surface area contributed by atoms with Gasteiger partial charge in [0.15, 0.2) is 0 Å². The summed E-state index contributed by atoms with van der Waals surface area (Å²) in [6.45, 7) is 1.97. The summed E-state index contributed by atoms with van der Waals surface area (Å²) >= 11 is 1.59. The fraction of sp³-hybridized carbons (Fsp3) is 0.350. The predicted octanol–water partition coefficient (Wildman–Crippen LogP) is 5.09. The molecule has 4 rings (SSSR count). The molecule has 2 amide bonds. The molecule has 2 heterocycles. The highest BCUT2D eigenvalue weighted by atomic mass is 32.1. The van der Waals surface area contributed by atoms with Crippen molar-refractivity contribution in [3.8, 4) is 11.4 Å². The van der Waals surface area contributed by atoms with Gasteiger partial charge < -0.3 is 15.2 Å². The molecule has 0 atom stereocenters. The molecule has 2 N–H and O–H groups in total. The molecule has 1 aliphatic carbocycles. The summed E-state index contributed by atoms with van der Waals surface area (Å²) in [6.07, 6.45) is 4.76. The Morgan fingerprint density at radius 2 is 2.00 bits per heavy atom. The van der Waals surface area contributed by atoms with Gasteiger partial charge in [-0.1, -0.05) is 42.6 Å². The van der Waals surface area contributed by atoms with Crippen molar-refractivity contribution in [1.29, 1.82) is 0 Å². The zero-order valence-electron chi connectivity index (χ0n) is 15.2. The first kappa shape index (κ1) is 17.7. The molecule has 2 aromatic heterocycles. The lowest BCUT2D eigenvalue weighted by Gasteiger charge is -2.34. The molecule has 1 fully saturated rings. The van der Waals surface area contributed by atoms with Crippen molar-refractivity contribution < 1.29 is 9.32 Å². The topological polar surface area (TPSA) is 80.0 Å². The van der Waals surface area contributed by atoms with Crippen LogP contribution in [0.25, 0.3) is 11.4 Å². The number of carbonyl (C=O) groups excluding carboxylic acids is 1. The lowest BCUT2D eigenvalue weighted by atomic mass is 9.81. The van der Waals surface area contributed by atoms with Gasteiger partial charge in [0, 0.05) is 16.6 Å². The van der Waals surface area contributed by atoms with Crippen LogP contribution in [0.5, 0.6) is 0 Å². The summed E-state index contributed by atoms with van der Waals surface area (Å²) in [6, 6.07) is 9.43. The van der Waals surface area contributed by atoms with E-state index in [0.717, 1.165) is 48.9 Å². The second-order valence-corrected chi connectivity index (χ2v) is 7.75. The highest BCUT2D eigenvalue weighted by Crippen LogP contribution is 2.37. The van der Waals surface area contributed by atoms with Crippen LogP contribution < -0.4 is 10.6 Å². The van der Waals surface area contributed by atoms with Crippen molar-refractivity contribution in [2.75, 3.05) is 5.32 Å². The molecule has 6 nitrogen and oxygen atoms in total. The maximum Gasteiger partial charge on any atom is 0.320 e. The zero-order valence-corrected chi connectivity index (χ0v) is 16.0. The molecular weight excluding hydrogens is 360 g/mol. The molecule has 0 unspecified atom stereocenters. The Morgan fingerprint density at radius 1 is 1.19 bits per heavy atom. The van der Waals surface area contributed by atoms with E-state index in [9.17, 15) is 4.79 Å². The van der Waals surface area contributed by atoms with E-state index in [1.165, 1.54) is 0 Å². The SMILES string of the molecule is Cc1ccccc1NC(=O)NC1(c2nc(-c3ccsc3)no2)CCCCC1. The first-order valence-corrected chi connectivity index (χ1v) is 10.1. The minimum atomic E-state index is -0.619. The number of hydrogen-bond donors (Lipinski definition) is 2. The number of aromatic nitrogens is 2. The second kappa shape index (κ2) is 7.52. The van der Waals surface area contributed by atoms with Crippen molar-refractivity contribution in [2.24, 2.45) is 0 Å². The van der Waals surface area contributed by atoms with Crippen molar-refractivity contribution in [3.63, 3.8) is 0 Å². The predicted molar refractivity (Wildman–Crippen MR) is 106 cm³/mol. The third-order valence-corrected chi connectivity index (χ3v) is 5.75. The summed E-state index contributed by atoms with van der Waals surface area (Å²) in [5.41, 5.74) is 2.13. The molecule has 7 heteroatoms. The fourth-order valence-corrected chi connectivity index (χ4v) is 4.19. The zero-order chi connectivity index (χ0) is 18.7. The maximum atomic E-state index is 12.7. The van der Waals surface area contributed by atoms with E-state index < -0.39 is 5.54 Å². The van der Waals surface area contributed by atoms with Gasteiger partial charge in [0.2, 0.25) is 5.82 Å². The number of benzene rings is 1. The molecule has 0 aliphatic heterocycles. The van der Waals surface area contributed by atoms with Gasteiger partial charge in [-0.15, -0.1) is 0 Å². The summed E-state index contributed by atoms with van der Waals surface area (Å²) in [7, 11) is 0. The van der Waals surface area contributed by atoms with Crippen LogP contribution in [0.4, 0.5) is 10.5 Å². The van der Waals surface area contributed by atoms with Crippen LogP contribution in [0.15, 0.2) is 45.6 Å². The Hall–Kier alpha value is -2.67. The number of anilines is 1. The molecule has 1 aromatic carbocycles. The van der Waals surface area contributed by atoms with E-state index in [2.05, 4.69) is 20.8 Å². The highest BCUT2D eigenvalue weighted by Gasteiger charge is 2.41. The Labute approximate surface area is 162 Å². The molecule has 3 aromatic rings. The first-order valence-electron chi connectivity index (χ1n) is 9.18. The monoisotopic (exact) mass is 382 g/mol. The number of nitrogens with zero attached hydrogens (tertiary/aromatic N) is 2. The molecule has 140 valence electrons. The number of rotatable bonds is 4. The molecule has 0 bridgehead atoms. The number of urea groups is 1. The highest BCUT2D eigenvalue weighted by molar-refractivity contribution is 7.08.